The molecule has 0 unspecified atom stereocenters. The number of halogens is 2. The third-order valence-electron chi connectivity index (χ3n) is 6.25. The van der Waals surface area contributed by atoms with Crippen molar-refractivity contribution in [2.75, 3.05) is 38.2 Å². The van der Waals surface area contributed by atoms with E-state index in [1.54, 1.807) is 30.0 Å². The summed E-state index contributed by atoms with van der Waals surface area (Å²) in [6.07, 6.45) is 1.62. The number of anilines is 1. The molecule has 0 atom stereocenters. The van der Waals surface area contributed by atoms with Crippen molar-refractivity contribution in [3.05, 3.63) is 53.2 Å². The molecule has 2 heterocycles. The summed E-state index contributed by atoms with van der Waals surface area (Å²) in [5.41, 5.74) is 0.870. The number of hydrogen-bond donors (Lipinski definition) is 0. The minimum atomic E-state index is -1.03. The Morgan fingerprint density at radius 1 is 1.06 bits per heavy atom. The van der Waals surface area contributed by atoms with Crippen molar-refractivity contribution in [1.82, 2.24) is 14.8 Å². The van der Waals surface area contributed by atoms with Gasteiger partial charge in [-0.2, -0.15) is 0 Å². The zero-order valence-electron chi connectivity index (χ0n) is 20.9. The third-order valence-corrected chi connectivity index (χ3v) is 6.25. The Hall–Kier alpha value is -3.07. The van der Waals surface area contributed by atoms with Gasteiger partial charge in [0.2, 0.25) is 11.8 Å². The van der Waals surface area contributed by atoms with E-state index < -0.39 is 11.6 Å². The minimum Gasteiger partial charge on any atom is -0.481 e. The quantitative estimate of drug-likeness (QED) is 0.644. The van der Waals surface area contributed by atoms with E-state index in [1.165, 1.54) is 12.0 Å². The predicted octanol–water partition coefficient (Wildman–Crippen LogP) is 4.26. The molecule has 35 heavy (non-hydrogen) atoms. The first kappa shape index (κ1) is 26.5. The van der Waals surface area contributed by atoms with Crippen molar-refractivity contribution in [1.29, 1.82) is 0 Å². The average molecular weight is 489 g/mol. The first-order valence-corrected chi connectivity index (χ1v) is 12.1. The second-order valence-electron chi connectivity index (χ2n) is 8.92. The Bertz CT molecular complexity index is 1050. The topological polar surface area (TPSA) is 66.0 Å². The molecule has 0 spiro atoms. The van der Waals surface area contributed by atoms with Gasteiger partial charge in [0, 0.05) is 57.3 Å². The van der Waals surface area contributed by atoms with Gasteiger partial charge in [0.1, 0.15) is 5.69 Å². The predicted molar refractivity (Wildman–Crippen MR) is 130 cm³/mol. The Balaban J connectivity index is 2.06. The van der Waals surface area contributed by atoms with Gasteiger partial charge < -0.3 is 19.4 Å². The van der Waals surface area contributed by atoms with Gasteiger partial charge in [-0.05, 0) is 44.4 Å². The largest absolute Gasteiger partial charge is 0.481 e. The molecule has 190 valence electrons. The maximum Gasteiger partial charge on any atom is 0.272 e. The van der Waals surface area contributed by atoms with Gasteiger partial charge in [0.05, 0.1) is 12.8 Å². The van der Waals surface area contributed by atoms with Crippen molar-refractivity contribution >= 4 is 17.5 Å². The summed E-state index contributed by atoms with van der Waals surface area (Å²) in [6, 6.07) is 7.37. The van der Waals surface area contributed by atoms with E-state index in [4.69, 9.17) is 4.74 Å². The number of aromatic nitrogens is 1. The number of carbonyl (C=O) groups excluding carboxylic acids is 2. The summed E-state index contributed by atoms with van der Waals surface area (Å²) < 4.78 is 33.9. The summed E-state index contributed by atoms with van der Waals surface area (Å²) in [5.74, 6) is -2.26. The number of carbonyl (C=O) groups is 2. The zero-order valence-corrected chi connectivity index (χ0v) is 20.9. The molecule has 0 fully saturated rings. The van der Waals surface area contributed by atoms with Gasteiger partial charge in [-0.25, -0.2) is 13.8 Å². The minimum absolute atomic E-state index is 0.0133. The van der Waals surface area contributed by atoms with Crippen LogP contribution >= 0.6 is 0 Å². The molecule has 0 N–H and O–H groups in total. The fourth-order valence-corrected chi connectivity index (χ4v) is 4.32. The lowest BCUT2D eigenvalue weighted by atomic mass is 10.1. The van der Waals surface area contributed by atoms with Crippen molar-refractivity contribution in [3.8, 4) is 5.88 Å². The molecule has 1 aliphatic heterocycles. The summed E-state index contributed by atoms with van der Waals surface area (Å²) in [4.78, 5) is 36.0. The van der Waals surface area contributed by atoms with E-state index in [9.17, 15) is 18.4 Å². The van der Waals surface area contributed by atoms with Crippen LogP contribution in [-0.2, 0) is 11.3 Å². The van der Waals surface area contributed by atoms with Gasteiger partial charge in [0.25, 0.3) is 5.91 Å². The molecule has 0 bridgehead atoms. The highest BCUT2D eigenvalue weighted by Gasteiger charge is 2.25. The first-order valence-electron chi connectivity index (χ1n) is 12.1. The van der Waals surface area contributed by atoms with E-state index in [0.717, 1.165) is 25.2 Å². The normalized spacial score (nSPS) is 15.9. The van der Waals surface area contributed by atoms with E-state index in [2.05, 4.69) is 23.7 Å². The Labute approximate surface area is 205 Å². The third kappa shape index (κ3) is 6.54. The number of fused-ring (bicyclic) bond motifs is 1. The van der Waals surface area contributed by atoms with E-state index in [0.29, 0.717) is 43.1 Å². The summed E-state index contributed by atoms with van der Waals surface area (Å²) in [7, 11) is 1.47. The van der Waals surface area contributed by atoms with E-state index >= 15 is 0 Å². The molecule has 3 rings (SSSR count). The highest BCUT2D eigenvalue weighted by atomic mass is 19.2. The summed E-state index contributed by atoms with van der Waals surface area (Å²) >= 11 is 0. The van der Waals surface area contributed by atoms with Crippen LogP contribution in [0.25, 0.3) is 0 Å². The number of methoxy groups -OCH3 is 1. The summed E-state index contributed by atoms with van der Waals surface area (Å²) in [6.45, 7) is 8.24. The van der Waals surface area contributed by atoms with Crippen molar-refractivity contribution in [2.24, 2.45) is 0 Å². The van der Waals surface area contributed by atoms with Gasteiger partial charge in [-0.15, -0.1) is 0 Å². The summed E-state index contributed by atoms with van der Waals surface area (Å²) in [5, 5.41) is 0. The molecule has 2 amide bonds. The molecule has 2 aromatic rings. The van der Waals surface area contributed by atoms with Gasteiger partial charge >= 0.3 is 0 Å². The number of amides is 2. The van der Waals surface area contributed by atoms with E-state index in [-0.39, 0.29) is 36.5 Å². The smallest absolute Gasteiger partial charge is 0.272 e. The fraction of sp³-hybridized carbons (Fsp3) is 0.500. The number of benzene rings is 1. The molecule has 1 aromatic heterocycles. The Morgan fingerprint density at radius 2 is 1.74 bits per heavy atom. The molecule has 1 aliphatic rings. The first-order chi connectivity index (χ1) is 16.7. The average Bonchev–Trinajstić information content (AvgIpc) is 2.85. The molecule has 9 heteroatoms. The molecule has 7 nitrogen and oxygen atoms in total. The Morgan fingerprint density at radius 3 is 2.40 bits per heavy atom. The van der Waals surface area contributed by atoms with Crippen LogP contribution in [0.1, 0.15) is 56.1 Å². The number of ether oxygens (including phenoxy) is 1. The lowest BCUT2D eigenvalue weighted by molar-refractivity contribution is -0.118. The second kappa shape index (κ2) is 12.1. The number of rotatable bonds is 4. The lowest BCUT2D eigenvalue weighted by Gasteiger charge is -2.33. The van der Waals surface area contributed by atoms with E-state index in [1.807, 2.05) is 0 Å². The molecule has 0 aliphatic carbocycles. The van der Waals surface area contributed by atoms with Gasteiger partial charge in [-0.3, -0.25) is 9.59 Å². The Kier molecular flexibility index (Phi) is 9.14. The number of pyridine rings is 1. The van der Waals surface area contributed by atoms with Crippen LogP contribution in [-0.4, -0.2) is 65.9 Å². The SMILES string of the molecule is CCC(=O)N1CCCN(C(C)C)CCCN(C(=O)c2cccc(OC)n2)Cc2cc(F)c(F)cc21. The van der Waals surface area contributed by atoms with Crippen LogP contribution in [0.5, 0.6) is 5.88 Å². The number of nitrogens with zero attached hydrogens (tertiary/aromatic N) is 4. The van der Waals surface area contributed by atoms with Gasteiger partial charge in [-0.1, -0.05) is 13.0 Å². The monoisotopic (exact) mass is 488 g/mol. The van der Waals surface area contributed by atoms with Crippen LogP contribution in [0.3, 0.4) is 0 Å². The second-order valence-corrected chi connectivity index (χ2v) is 8.92. The van der Waals surface area contributed by atoms with Crippen LogP contribution in [0.15, 0.2) is 30.3 Å². The van der Waals surface area contributed by atoms with Crippen molar-refractivity contribution in [2.45, 2.75) is 52.6 Å². The van der Waals surface area contributed by atoms with Crippen LogP contribution in [0, 0.1) is 11.6 Å². The maximum absolute atomic E-state index is 14.4. The van der Waals surface area contributed by atoms with Gasteiger partial charge in [0.15, 0.2) is 11.6 Å². The standard InChI is InChI=1S/C26H34F2N4O3/c1-5-25(33)32-14-8-12-30(18(2)3)11-7-13-31(17-19-15-20(27)21(28)16-23(19)32)26(34)22-9-6-10-24(29-22)35-4/h6,9-10,15-16,18H,5,7-8,11-14,17H2,1-4H3. The molecule has 0 saturated heterocycles. The van der Waals surface area contributed by atoms with Crippen molar-refractivity contribution < 1.29 is 23.1 Å². The maximum atomic E-state index is 14.4. The molecule has 1 aromatic carbocycles. The molecule has 0 saturated carbocycles. The lowest BCUT2D eigenvalue weighted by Crippen LogP contribution is -2.40. The highest BCUT2D eigenvalue weighted by Crippen LogP contribution is 2.28. The molecular formula is C26H34F2N4O3. The van der Waals surface area contributed by atoms with Crippen LogP contribution in [0.2, 0.25) is 0 Å². The van der Waals surface area contributed by atoms with Crippen molar-refractivity contribution in [3.63, 3.8) is 0 Å². The van der Waals surface area contributed by atoms with Crippen LogP contribution < -0.4 is 9.64 Å². The zero-order chi connectivity index (χ0) is 25.5. The fourth-order valence-electron chi connectivity index (χ4n) is 4.32. The number of hydrogen-bond acceptors (Lipinski definition) is 5. The van der Waals surface area contributed by atoms with Crippen LogP contribution in [0.4, 0.5) is 14.5 Å². The highest BCUT2D eigenvalue weighted by molar-refractivity contribution is 5.95. The molecular weight excluding hydrogens is 454 g/mol. The molecule has 0 radical (unpaired) electrons.